The van der Waals surface area contributed by atoms with Crippen molar-refractivity contribution < 1.29 is 5.11 Å². The molecule has 0 bridgehead atoms. The van der Waals surface area contributed by atoms with Crippen LogP contribution in [0.3, 0.4) is 0 Å². The Morgan fingerprint density at radius 2 is 1.85 bits per heavy atom. The van der Waals surface area contributed by atoms with E-state index in [1.165, 1.54) is 11.1 Å². The Labute approximate surface area is 125 Å². The number of aryl methyl sites for hydroxylation is 1. The third kappa shape index (κ3) is 3.68. The number of rotatable bonds is 4. The van der Waals surface area contributed by atoms with Gasteiger partial charge in [-0.1, -0.05) is 50.6 Å². The van der Waals surface area contributed by atoms with Crippen molar-refractivity contribution in [3.8, 4) is 0 Å². The lowest BCUT2D eigenvalue weighted by atomic mass is 9.93. The fraction of sp³-hybridized carbons (Fsp3) is 0.471. The number of aromatic nitrogens is 1. The lowest BCUT2D eigenvalue weighted by molar-refractivity contribution is 0.264. The lowest BCUT2D eigenvalue weighted by Gasteiger charge is -2.15. The maximum Gasteiger partial charge on any atom is 0.0935 e. The van der Waals surface area contributed by atoms with Gasteiger partial charge in [0.05, 0.1) is 17.3 Å². The molecule has 1 atom stereocenters. The zero-order valence-electron chi connectivity index (χ0n) is 12.7. The van der Waals surface area contributed by atoms with E-state index >= 15 is 0 Å². The molecule has 2 rings (SSSR count). The van der Waals surface area contributed by atoms with Gasteiger partial charge in [0.1, 0.15) is 0 Å². The smallest absolute Gasteiger partial charge is 0.0935 e. The maximum atomic E-state index is 9.65. The first-order valence-electron chi connectivity index (χ1n) is 7.02. The van der Waals surface area contributed by atoms with Crippen LogP contribution in [-0.4, -0.2) is 16.7 Å². The van der Waals surface area contributed by atoms with Crippen molar-refractivity contribution in [2.24, 2.45) is 0 Å². The van der Waals surface area contributed by atoms with Gasteiger partial charge in [0.25, 0.3) is 0 Å². The normalized spacial score (nSPS) is 13.4. The number of benzene rings is 1. The average molecular weight is 289 g/mol. The van der Waals surface area contributed by atoms with Gasteiger partial charge in [-0.2, -0.15) is 0 Å². The summed E-state index contributed by atoms with van der Waals surface area (Å²) in [4.78, 5) is 4.72. The highest BCUT2D eigenvalue weighted by Gasteiger charge is 2.19. The van der Waals surface area contributed by atoms with E-state index in [0.717, 1.165) is 17.1 Å². The van der Waals surface area contributed by atoms with Crippen molar-refractivity contribution in [1.29, 1.82) is 0 Å². The van der Waals surface area contributed by atoms with Crippen LogP contribution in [0.4, 0.5) is 0 Å². The summed E-state index contributed by atoms with van der Waals surface area (Å²) >= 11 is 1.70. The molecule has 1 aromatic heterocycles. The Morgan fingerprint density at radius 1 is 1.20 bits per heavy atom. The summed E-state index contributed by atoms with van der Waals surface area (Å²) in [6, 6.07) is 8.41. The Bertz CT molecular complexity index is 551. The molecule has 1 N–H and O–H groups in total. The molecule has 0 aliphatic rings. The minimum Gasteiger partial charge on any atom is -0.396 e. The molecule has 0 fully saturated rings. The lowest BCUT2D eigenvalue weighted by Crippen LogP contribution is -2.12. The molecule has 1 heterocycles. The number of aliphatic hydroxyl groups is 1. The third-order valence-corrected chi connectivity index (χ3v) is 4.38. The van der Waals surface area contributed by atoms with E-state index in [9.17, 15) is 5.11 Å². The molecule has 0 amide bonds. The zero-order valence-corrected chi connectivity index (χ0v) is 13.5. The summed E-state index contributed by atoms with van der Waals surface area (Å²) in [6.07, 6.45) is 0.806. The molecular formula is C17H23NOS. The van der Waals surface area contributed by atoms with E-state index in [-0.39, 0.29) is 17.9 Å². The van der Waals surface area contributed by atoms with E-state index < -0.39 is 0 Å². The topological polar surface area (TPSA) is 33.1 Å². The summed E-state index contributed by atoms with van der Waals surface area (Å²) in [5, 5.41) is 12.9. The van der Waals surface area contributed by atoms with Crippen LogP contribution in [0.5, 0.6) is 0 Å². The molecule has 0 radical (unpaired) electrons. The number of hydrogen-bond donors (Lipinski definition) is 1. The quantitative estimate of drug-likeness (QED) is 0.920. The minimum absolute atomic E-state index is 0.0906. The predicted molar refractivity (Wildman–Crippen MR) is 85.5 cm³/mol. The van der Waals surface area contributed by atoms with E-state index in [4.69, 9.17) is 4.98 Å². The van der Waals surface area contributed by atoms with Crippen LogP contribution in [0.25, 0.3) is 0 Å². The second-order valence-corrected chi connectivity index (χ2v) is 7.31. The molecule has 0 saturated carbocycles. The Kier molecular flexibility index (Phi) is 4.61. The highest BCUT2D eigenvalue weighted by atomic mass is 32.1. The van der Waals surface area contributed by atoms with Crippen molar-refractivity contribution in [2.45, 2.75) is 45.4 Å². The third-order valence-electron chi connectivity index (χ3n) is 3.51. The summed E-state index contributed by atoms with van der Waals surface area (Å²) in [5.74, 6) is 0.134. The predicted octanol–water partition coefficient (Wildman–Crippen LogP) is 4.07. The van der Waals surface area contributed by atoms with Gasteiger partial charge in [0.15, 0.2) is 0 Å². The SMILES string of the molecule is Cc1ccc(C(CO)Cc2nc(C(C)(C)C)cs2)cc1. The van der Waals surface area contributed by atoms with Gasteiger partial charge in [-0.05, 0) is 12.5 Å². The summed E-state index contributed by atoms with van der Waals surface area (Å²) in [6.45, 7) is 8.77. The summed E-state index contributed by atoms with van der Waals surface area (Å²) in [5.41, 5.74) is 3.66. The molecule has 20 heavy (non-hydrogen) atoms. The molecule has 2 nitrogen and oxygen atoms in total. The first-order chi connectivity index (χ1) is 9.40. The Balaban J connectivity index is 2.14. The first kappa shape index (κ1) is 15.2. The Morgan fingerprint density at radius 3 is 2.35 bits per heavy atom. The largest absolute Gasteiger partial charge is 0.396 e. The van der Waals surface area contributed by atoms with Crippen LogP contribution in [0.1, 0.15) is 48.5 Å². The number of thiazole rings is 1. The van der Waals surface area contributed by atoms with Crippen molar-refractivity contribution >= 4 is 11.3 Å². The fourth-order valence-corrected chi connectivity index (χ4v) is 3.19. The Hall–Kier alpha value is -1.19. The van der Waals surface area contributed by atoms with Gasteiger partial charge in [-0.15, -0.1) is 11.3 Å². The fourth-order valence-electron chi connectivity index (χ4n) is 2.09. The zero-order chi connectivity index (χ0) is 14.8. The monoisotopic (exact) mass is 289 g/mol. The molecule has 1 aromatic carbocycles. The molecule has 3 heteroatoms. The van der Waals surface area contributed by atoms with Crippen molar-refractivity contribution in [3.05, 3.63) is 51.5 Å². The summed E-state index contributed by atoms with van der Waals surface area (Å²) in [7, 11) is 0. The van der Waals surface area contributed by atoms with Crippen LogP contribution in [0, 0.1) is 6.92 Å². The van der Waals surface area contributed by atoms with Gasteiger partial charge in [-0.25, -0.2) is 4.98 Å². The van der Waals surface area contributed by atoms with Crippen molar-refractivity contribution in [1.82, 2.24) is 4.98 Å². The molecule has 0 saturated heterocycles. The van der Waals surface area contributed by atoms with E-state index in [1.54, 1.807) is 11.3 Å². The standard InChI is InChI=1S/C17H23NOS/c1-12-5-7-13(8-6-12)14(10-19)9-16-18-15(11-20-16)17(2,3)4/h5-8,11,14,19H,9-10H2,1-4H3. The molecular weight excluding hydrogens is 266 g/mol. The second kappa shape index (κ2) is 6.06. The van der Waals surface area contributed by atoms with Gasteiger partial charge in [0, 0.05) is 23.1 Å². The van der Waals surface area contributed by atoms with Gasteiger partial charge < -0.3 is 5.11 Å². The van der Waals surface area contributed by atoms with Gasteiger partial charge in [0.2, 0.25) is 0 Å². The molecule has 1 unspecified atom stereocenters. The molecule has 0 aliphatic heterocycles. The highest BCUT2D eigenvalue weighted by molar-refractivity contribution is 7.09. The molecule has 2 aromatic rings. The number of hydrogen-bond acceptors (Lipinski definition) is 3. The van der Waals surface area contributed by atoms with E-state index in [0.29, 0.717) is 0 Å². The molecule has 108 valence electrons. The molecule has 0 spiro atoms. The van der Waals surface area contributed by atoms with Crippen LogP contribution < -0.4 is 0 Å². The maximum absolute atomic E-state index is 9.65. The summed E-state index contributed by atoms with van der Waals surface area (Å²) < 4.78 is 0. The average Bonchev–Trinajstić information content (AvgIpc) is 2.85. The second-order valence-electron chi connectivity index (χ2n) is 6.37. The highest BCUT2D eigenvalue weighted by Crippen LogP contribution is 2.27. The van der Waals surface area contributed by atoms with E-state index in [2.05, 4.69) is 57.3 Å². The number of nitrogens with zero attached hydrogens (tertiary/aromatic N) is 1. The van der Waals surface area contributed by atoms with Crippen LogP contribution in [-0.2, 0) is 11.8 Å². The van der Waals surface area contributed by atoms with Gasteiger partial charge in [-0.3, -0.25) is 0 Å². The van der Waals surface area contributed by atoms with Gasteiger partial charge >= 0.3 is 0 Å². The number of aliphatic hydroxyl groups excluding tert-OH is 1. The van der Waals surface area contributed by atoms with Crippen LogP contribution >= 0.6 is 11.3 Å². The minimum atomic E-state index is 0.0906. The van der Waals surface area contributed by atoms with Crippen LogP contribution in [0.15, 0.2) is 29.6 Å². The van der Waals surface area contributed by atoms with E-state index in [1.807, 2.05) is 0 Å². The first-order valence-corrected chi connectivity index (χ1v) is 7.90. The molecule has 0 aliphatic carbocycles. The van der Waals surface area contributed by atoms with Crippen molar-refractivity contribution in [2.75, 3.05) is 6.61 Å². The van der Waals surface area contributed by atoms with Crippen molar-refractivity contribution in [3.63, 3.8) is 0 Å². The van der Waals surface area contributed by atoms with Crippen LogP contribution in [0.2, 0.25) is 0 Å².